The Labute approximate surface area is 76.4 Å². The number of nitrogens with one attached hydrogen (secondary N) is 1. The van der Waals surface area contributed by atoms with Crippen LogP contribution in [0.4, 0.5) is 0 Å². The molecule has 60 valence electrons. The monoisotopic (exact) mass is 187 g/mol. The molecule has 0 aliphatic carbocycles. The fourth-order valence-electron chi connectivity index (χ4n) is 0.795. The van der Waals surface area contributed by atoms with E-state index in [1.165, 1.54) is 23.1 Å². The van der Waals surface area contributed by atoms with Gasteiger partial charge >= 0.3 is 0 Å². The molecule has 0 fully saturated rings. The molecular weight excluding hydrogens is 178 g/mol. The maximum Gasteiger partial charge on any atom is 0.0341 e. The van der Waals surface area contributed by atoms with Gasteiger partial charge in [-0.2, -0.15) is 4.24 Å². The van der Waals surface area contributed by atoms with Crippen LogP contribution in [0.5, 0.6) is 0 Å². The first-order valence-electron chi connectivity index (χ1n) is 3.36. The third-order valence-electron chi connectivity index (χ3n) is 1.41. The molecule has 0 bridgehead atoms. The van der Waals surface area contributed by atoms with Crippen molar-refractivity contribution < 1.29 is 0 Å². The smallest absolute Gasteiger partial charge is 0.0341 e. The predicted molar refractivity (Wildman–Crippen MR) is 51.5 cm³/mol. The lowest BCUT2D eigenvalue weighted by atomic mass is 10.2. The zero-order valence-electron chi connectivity index (χ0n) is 6.30. The molecule has 11 heavy (non-hydrogen) atoms. The average molecular weight is 188 g/mol. The van der Waals surface area contributed by atoms with Crippen molar-refractivity contribution in [3.63, 3.8) is 0 Å². The Morgan fingerprint density at radius 3 is 2.55 bits per heavy atom. The fourth-order valence-corrected chi connectivity index (χ4v) is 1.37. The minimum Gasteiger partial charge on any atom is -0.176 e. The van der Waals surface area contributed by atoms with Crippen molar-refractivity contribution in [1.29, 1.82) is 0 Å². The molecule has 0 spiro atoms. The van der Waals surface area contributed by atoms with Crippen LogP contribution in [0.15, 0.2) is 24.3 Å². The molecule has 1 nitrogen and oxygen atoms in total. The zero-order valence-corrected chi connectivity index (χ0v) is 7.88. The van der Waals surface area contributed by atoms with Crippen LogP contribution in [0.2, 0.25) is 0 Å². The Bertz CT molecular complexity index is 210. The molecule has 1 aromatic rings. The minimum atomic E-state index is 0.907. The highest BCUT2D eigenvalue weighted by Gasteiger charge is 1.90. The van der Waals surface area contributed by atoms with E-state index in [4.69, 9.17) is 11.8 Å². The van der Waals surface area contributed by atoms with E-state index >= 15 is 0 Å². The van der Waals surface area contributed by atoms with Crippen molar-refractivity contribution in [2.75, 3.05) is 0 Å². The predicted octanol–water partition coefficient (Wildman–Crippen LogP) is 2.89. The Kier molecular flexibility index (Phi) is 3.77. The van der Waals surface area contributed by atoms with Gasteiger partial charge in [-0.1, -0.05) is 41.8 Å². The summed E-state index contributed by atoms with van der Waals surface area (Å²) in [5.41, 5.74) is 2.58. The van der Waals surface area contributed by atoms with Gasteiger partial charge in [0.2, 0.25) is 0 Å². The number of rotatable bonds is 3. The largest absolute Gasteiger partial charge is 0.176 e. The Morgan fingerprint density at radius 2 is 2.00 bits per heavy atom. The Morgan fingerprint density at radius 1 is 1.36 bits per heavy atom. The average Bonchev–Trinajstić information content (AvgIpc) is 2.04. The van der Waals surface area contributed by atoms with E-state index in [0.29, 0.717) is 0 Å². The van der Waals surface area contributed by atoms with E-state index in [1.54, 1.807) is 0 Å². The van der Waals surface area contributed by atoms with Gasteiger partial charge in [0.1, 0.15) is 0 Å². The highest BCUT2D eigenvalue weighted by Crippen LogP contribution is 2.10. The van der Waals surface area contributed by atoms with E-state index in [2.05, 4.69) is 35.4 Å². The summed E-state index contributed by atoms with van der Waals surface area (Å²) >= 11 is 6.78. The highest BCUT2D eigenvalue weighted by molar-refractivity contribution is 7.97. The molecule has 0 aliphatic heterocycles. The van der Waals surface area contributed by atoms with Gasteiger partial charge in [-0.3, -0.25) is 0 Å². The minimum absolute atomic E-state index is 0.907. The second kappa shape index (κ2) is 4.65. The van der Waals surface area contributed by atoms with Crippen molar-refractivity contribution in [1.82, 2.24) is 4.24 Å². The van der Waals surface area contributed by atoms with Crippen molar-refractivity contribution >= 4 is 23.7 Å². The number of halogens is 1. The van der Waals surface area contributed by atoms with Crippen LogP contribution in [-0.2, 0) is 5.75 Å². The van der Waals surface area contributed by atoms with E-state index in [0.717, 1.165) is 5.75 Å². The molecule has 1 rings (SSSR count). The van der Waals surface area contributed by atoms with Crippen molar-refractivity contribution in [2.45, 2.75) is 12.7 Å². The Hall–Kier alpha value is -0.180. The third-order valence-corrected chi connectivity index (χ3v) is 2.33. The summed E-state index contributed by atoms with van der Waals surface area (Å²) in [4.78, 5) is 0. The zero-order chi connectivity index (χ0) is 8.10. The molecule has 0 saturated carbocycles. The third kappa shape index (κ3) is 3.14. The molecule has 0 saturated heterocycles. The summed E-state index contributed by atoms with van der Waals surface area (Å²) in [7, 11) is 0. The lowest BCUT2D eigenvalue weighted by molar-refractivity contribution is 1.36. The van der Waals surface area contributed by atoms with Crippen LogP contribution in [0, 0.1) is 6.92 Å². The van der Waals surface area contributed by atoms with Gasteiger partial charge < -0.3 is 0 Å². The van der Waals surface area contributed by atoms with E-state index in [9.17, 15) is 0 Å². The van der Waals surface area contributed by atoms with Crippen LogP contribution in [0.1, 0.15) is 11.1 Å². The van der Waals surface area contributed by atoms with Gasteiger partial charge in [0.05, 0.1) is 0 Å². The van der Waals surface area contributed by atoms with Crippen molar-refractivity contribution in [3.05, 3.63) is 35.4 Å². The lowest BCUT2D eigenvalue weighted by Crippen LogP contribution is -1.85. The first-order chi connectivity index (χ1) is 5.33. The van der Waals surface area contributed by atoms with Crippen LogP contribution >= 0.6 is 23.7 Å². The second-order valence-corrected chi connectivity index (χ2v) is 3.55. The molecule has 0 amide bonds. The molecule has 0 radical (unpaired) electrons. The maximum absolute atomic E-state index is 5.30. The van der Waals surface area contributed by atoms with Crippen LogP contribution in [0.3, 0.4) is 0 Å². The van der Waals surface area contributed by atoms with Gasteiger partial charge in [0, 0.05) is 5.75 Å². The van der Waals surface area contributed by atoms with Crippen LogP contribution in [-0.4, -0.2) is 0 Å². The van der Waals surface area contributed by atoms with Gasteiger partial charge in [-0.05, 0) is 24.3 Å². The molecule has 0 aromatic heterocycles. The van der Waals surface area contributed by atoms with E-state index in [-0.39, 0.29) is 0 Å². The van der Waals surface area contributed by atoms with Gasteiger partial charge in [-0.25, -0.2) is 0 Å². The molecule has 1 aromatic carbocycles. The molecule has 0 atom stereocenters. The first kappa shape index (κ1) is 8.91. The molecule has 0 aliphatic rings. The normalized spacial score (nSPS) is 10.0. The highest BCUT2D eigenvalue weighted by atomic mass is 35.5. The molecule has 0 unspecified atom stereocenters. The summed E-state index contributed by atoms with van der Waals surface area (Å²) in [5, 5.41) is 0. The van der Waals surface area contributed by atoms with Gasteiger partial charge in [0.15, 0.2) is 0 Å². The van der Waals surface area contributed by atoms with Crippen molar-refractivity contribution in [3.8, 4) is 0 Å². The fraction of sp³-hybridized carbons (Fsp3) is 0.250. The molecule has 3 heteroatoms. The number of benzene rings is 1. The number of hydrogen-bond acceptors (Lipinski definition) is 2. The number of hydrogen-bond donors (Lipinski definition) is 1. The van der Waals surface area contributed by atoms with Gasteiger partial charge in [0.25, 0.3) is 0 Å². The van der Waals surface area contributed by atoms with E-state index in [1.807, 2.05) is 0 Å². The lowest BCUT2D eigenvalue weighted by Gasteiger charge is -1.98. The SMILES string of the molecule is Cc1ccc(CSNCl)cc1. The standard InChI is InChI=1S/C8H10ClNS/c1-7-2-4-8(5-3-7)6-11-10-9/h2-5,10H,6H2,1H3. The second-order valence-electron chi connectivity index (χ2n) is 2.35. The first-order valence-corrected chi connectivity index (χ1v) is 4.72. The Balaban J connectivity index is 2.52. The summed E-state index contributed by atoms with van der Waals surface area (Å²) in [6.07, 6.45) is 0. The number of aryl methyl sites for hydroxylation is 1. The topological polar surface area (TPSA) is 12.0 Å². The summed E-state index contributed by atoms with van der Waals surface area (Å²) in [6.45, 7) is 2.08. The summed E-state index contributed by atoms with van der Waals surface area (Å²) < 4.78 is 2.52. The van der Waals surface area contributed by atoms with E-state index < -0.39 is 0 Å². The molecule has 0 heterocycles. The van der Waals surface area contributed by atoms with Crippen LogP contribution in [0.25, 0.3) is 0 Å². The van der Waals surface area contributed by atoms with Crippen molar-refractivity contribution in [2.24, 2.45) is 0 Å². The molecular formula is C8H10ClNS. The molecule has 1 N–H and O–H groups in total. The quantitative estimate of drug-likeness (QED) is 0.577. The van der Waals surface area contributed by atoms with Crippen LogP contribution < -0.4 is 4.24 Å². The maximum atomic E-state index is 5.30. The summed E-state index contributed by atoms with van der Waals surface area (Å²) in [5.74, 6) is 0.907. The summed E-state index contributed by atoms with van der Waals surface area (Å²) in [6, 6.07) is 8.42. The van der Waals surface area contributed by atoms with Gasteiger partial charge in [-0.15, -0.1) is 0 Å².